The van der Waals surface area contributed by atoms with Crippen LogP contribution in [0.15, 0.2) is 17.8 Å². The molecule has 0 spiro atoms. The topological polar surface area (TPSA) is 52.0 Å². The van der Waals surface area contributed by atoms with Crippen LogP contribution in [0.1, 0.15) is 10.7 Å². The number of ether oxygens (including phenoxy) is 1. The molecule has 6 heteroatoms. The number of aromatic nitrogens is 3. The second-order valence-electron chi connectivity index (χ2n) is 3.72. The molecule has 0 fully saturated rings. The number of methoxy groups -OCH3 is 1. The first-order valence-electron chi connectivity index (χ1n) is 5.44. The highest BCUT2D eigenvalue weighted by molar-refractivity contribution is 7.09. The van der Waals surface area contributed by atoms with Crippen LogP contribution < -0.4 is 5.32 Å². The third-order valence-corrected chi connectivity index (χ3v) is 3.23. The molecule has 0 saturated carbocycles. The van der Waals surface area contributed by atoms with E-state index in [9.17, 15) is 0 Å². The van der Waals surface area contributed by atoms with E-state index in [0.29, 0.717) is 6.61 Å². The van der Waals surface area contributed by atoms with Gasteiger partial charge in [-0.25, -0.2) is 4.98 Å². The summed E-state index contributed by atoms with van der Waals surface area (Å²) in [4.78, 5) is 4.39. The van der Waals surface area contributed by atoms with Gasteiger partial charge in [0.15, 0.2) is 0 Å². The van der Waals surface area contributed by atoms with E-state index in [2.05, 4.69) is 20.8 Å². The first kappa shape index (κ1) is 12.1. The quantitative estimate of drug-likeness (QED) is 0.853. The summed E-state index contributed by atoms with van der Waals surface area (Å²) in [6.07, 6.45) is 3.79. The summed E-state index contributed by atoms with van der Waals surface area (Å²) in [6, 6.07) is 0. The number of aryl methyl sites for hydroxylation is 1. The molecule has 0 atom stereocenters. The minimum absolute atomic E-state index is 0.673. The molecule has 0 aliphatic heterocycles. The van der Waals surface area contributed by atoms with Crippen LogP contribution in [-0.4, -0.2) is 28.5 Å². The maximum absolute atomic E-state index is 5.00. The molecule has 0 unspecified atom stereocenters. The minimum atomic E-state index is 0.673. The fourth-order valence-electron chi connectivity index (χ4n) is 1.42. The van der Waals surface area contributed by atoms with Crippen molar-refractivity contribution >= 4 is 17.0 Å². The average molecular weight is 252 g/mol. The molecular weight excluding hydrogens is 236 g/mol. The molecule has 0 bridgehead atoms. The molecule has 0 aromatic carbocycles. The van der Waals surface area contributed by atoms with Crippen LogP contribution in [0.2, 0.25) is 0 Å². The van der Waals surface area contributed by atoms with E-state index in [1.54, 1.807) is 18.4 Å². The molecule has 92 valence electrons. The van der Waals surface area contributed by atoms with Gasteiger partial charge in [-0.05, 0) is 6.92 Å². The SMILES string of the molecule is COCCn1cc(NCc2nc(C)cs2)cn1. The molecule has 5 nitrogen and oxygen atoms in total. The van der Waals surface area contributed by atoms with Gasteiger partial charge in [-0.1, -0.05) is 0 Å². The predicted molar refractivity (Wildman–Crippen MR) is 68.3 cm³/mol. The maximum Gasteiger partial charge on any atom is 0.112 e. The van der Waals surface area contributed by atoms with E-state index in [0.717, 1.165) is 29.5 Å². The van der Waals surface area contributed by atoms with Gasteiger partial charge in [-0.2, -0.15) is 5.10 Å². The second kappa shape index (κ2) is 5.79. The second-order valence-corrected chi connectivity index (χ2v) is 4.66. The molecule has 0 amide bonds. The van der Waals surface area contributed by atoms with Crippen LogP contribution >= 0.6 is 11.3 Å². The monoisotopic (exact) mass is 252 g/mol. The number of nitrogens with zero attached hydrogens (tertiary/aromatic N) is 3. The Morgan fingerprint density at radius 3 is 3.12 bits per heavy atom. The van der Waals surface area contributed by atoms with Gasteiger partial charge in [0.05, 0.1) is 31.6 Å². The summed E-state index contributed by atoms with van der Waals surface area (Å²) in [7, 11) is 1.69. The van der Waals surface area contributed by atoms with Crippen LogP contribution in [0.25, 0.3) is 0 Å². The van der Waals surface area contributed by atoms with E-state index in [1.807, 2.05) is 24.0 Å². The fourth-order valence-corrected chi connectivity index (χ4v) is 2.14. The molecule has 2 aromatic heterocycles. The fraction of sp³-hybridized carbons (Fsp3) is 0.455. The molecule has 0 aliphatic rings. The largest absolute Gasteiger partial charge is 0.383 e. The lowest BCUT2D eigenvalue weighted by atomic mass is 10.5. The van der Waals surface area contributed by atoms with E-state index < -0.39 is 0 Å². The lowest BCUT2D eigenvalue weighted by Crippen LogP contribution is -2.04. The Labute approximate surface area is 104 Å². The van der Waals surface area contributed by atoms with Crippen LogP contribution in [0.4, 0.5) is 5.69 Å². The summed E-state index contributed by atoms with van der Waals surface area (Å²) in [5, 5.41) is 10.7. The van der Waals surface area contributed by atoms with Gasteiger partial charge in [0, 0.05) is 24.4 Å². The predicted octanol–water partition coefficient (Wildman–Crippen LogP) is 1.91. The molecule has 0 saturated heterocycles. The van der Waals surface area contributed by atoms with Crippen LogP contribution in [0.5, 0.6) is 0 Å². The Morgan fingerprint density at radius 2 is 2.41 bits per heavy atom. The Hall–Kier alpha value is -1.40. The average Bonchev–Trinajstić information content (AvgIpc) is 2.93. The van der Waals surface area contributed by atoms with Crippen molar-refractivity contribution in [1.82, 2.24) is 14.8 Å². The van der Waals surface area contributed by atoms with Crippen molar-refractivity contribution in [1.29, 1.82) is 0 Å². The van der Waals surface area contributed by atoms with Gasteiger partial charge in [0.25, 0.3) is 0 Å². The summed E-state index contributed by atoms with van der Waals surface area (Å²) >= 11 is 1.67. The molecule has 1 N–H and O–H groups in total. The molecule has 0 aliphatic carbocycles. The highest BCUT2D eigenvalue weighted by Crippen LogP contribution is 2.12. The van der Waals surface area contributed by atoms with Crippen molar-refractivity contribution in [2.45, 2.75) is 20.0 Å². The Morgan fingerprint density at radius 1 is 1.53 bits per heavy atom. The standard InChI is InChI=1S/C11H16N4OS/c1-9-8-17-11(14-9)6-12-10-5-13-15(7-10)3-4-16-2/h5,7-8,12H,3-4,6H2,1-2H3. The van der Waals surface area contributed by atoms with E-state index in [-0.39, 0.29) is 0 Å². The highest BCUT2D eigenvalue weighted by Gasteiger charge is 2.01. The van der Waals surface area contributed by atoms with Gasteiger partial charge < -0.3 is 10.1 Å². The van der Waals surface area contributed by atoms with Crippen molar-refractivity contribution in [2.75, 3.05) is 19.0 Å². The number of anilines is 1. The summed E-state index contributed by atoms with van der Waals surface area (Å²) < 4.78 is 6.86. The lowest BCUT2D eigenvalue weighted by Gasteiger charge is -2.00. The van der Waals surface area contributed by atoms with Crippen molar-refractivity contribution in [3.63, 3.8) is 0 Å². The van der Waals surface area contributed by atoms with Crippen LogP contribution in [-0.2, 0) is 17.8 Å². The first-order chi connectivity index (χ1) is 8.28. The van der Waals surface area contributed by atoms with E-state index in [1.165, 1.54) is 0 Å². The molecule has 2 aromatic rings. The van der Waals surface area contributed by atoms with Crippen LogP contribution in [0.3, 0.4) is 0 Å². The molecule has 0 radical (unpaired) electrons. The van der Waals surface area contributed by atoms with Gasteiger partial charge in [0.2, 0.25) is 0 Å². The third-order valence-electron chi connectivity index (χ3n) is 2.27. The smallest absolute Gasteiger partial charge is 0.112 e. The van der Waals surface area contributed by atoms with Gasteiger partial charge in [0.1, 0.15) is 5.01 Å². The zero-order chi connectivity index (χ0) is 12.1. The normalized spacial score (nSPS) is 10.7. The number of thiazole rings is 1. The summed E-state index contributed by atoms with van der Waals surface area (Å²) in [6.45, 7) is 4.19. The Kier molecular flexibility index (Phi) is 4.11. The Bertz CT molecular complexity index is 465. The minimum Gasteiger partial charge on any atom is -0.383 e. The van der Waals surface area contributed by atoms with Crippen molar-refractivity contribution in [3.05, 3.63) is 28.5 Å². The zero-order valence-electron chi connectivity index (χ0n) is 10.0. The van der Waals surface area contributed by atoms with Crippen LogP contribution in [0, 0.1) is 6.92 Å². The lowest BCUT2D eigenvalue weighted by molar-refractivity contribution is 0.183. The zero-order valence-corrected chi connectivity index (χ0v) is 10.8. The molecular formula is C11H16N4OS. The van der Waals surface area contributed by atoms with Crippen molar-refractivity contribution in [2.24, 2.45) is 0 Å². The molecule has 2 heterocycles. The van der Waals surface area contributed by atoms with E-state index in [4.69, 9.17) is 4.74 Å². The highest BCUT2D eigenvalue weighted by atomic mass is 32.1. The summed E-state index contributed by atoms with van der Waals surface area (Å²) in [5.41, 5.74) is 2.08. The molecule has 17 heavy (non-hydrogen) atoms. The first-order valence-corrected chi connectivity index (χ1v) is 6.32. The number of nitrogens with one attached hydrogen (secondary N) is 1. The summed E-state index contributed by atoms with van der Waals surface area (Å²) in [5.74, 6) is 0. The number of rotatable bonds is 6. The van der Waals surface area contributed by atoms with Crippen molar-refractivity contribution in [3.8, 4) is 0 Å². The van der Waals surface area contributed by atoms with Gasteiger partial charge in [-0.3, -0.25) is 4.68 Å². The van der Waals surface area contributed by atoms with Crippen molar-refractivity contribution < 1.29 is 4.74 Å². The van der Waals surface area contributed by atoms with E-state index >= 15 is 0 Å². The van der Waals surface area contributed by atoms with Gasteiger partial charge >= 0.3 is 0 Å². The molecule has 2 rings (SSSR count). The number of hydrogen-bond acceptors (Lipinski definition) is 5. The number of hydrogen-bond donors (Lipinski definition) is 1. The van der Waals surface area contributed by atoms with Gasteiger partial charge in [-0.15, -0.1) is 11.3 Å². The maximum atomic E-state index is 5.00. The third kappa shape index (κ3) is 3.54. The Balaban J connectivity index is 1.84.